The molecule has 0 atom stereocenters. The number of nitrogens with zero attached hydrogens (tertiary/aromatic N) is 2. The highest BCUT2D eigenvalue weighted by molar-refractivity contribution is 7.18. The molecule has 3 heterocycles. The molecule has 0 unspecified atom stereocenters. The number of nitrogens with one attached hydrogen (secondary N) is 1. The second kappa shape index (κ2) is 9.84. The summed E-state index contributed by atoms with van der Waals surface area (Å²) in [5, 5.41) is 14.4. The van der Waals surface area contributed by atoms with E-state index < -0.39 is 5.97 Å². The molecule has 1 saturated heterocycles. The number of hydrogen-bond donors (Lipinski definition) is 2. The number of aromatic carboxylic acids is 1. The van der Waals surface area contributed by atoms with Crippen molar-refractivity contribution >= 4 is 39.1 Å². The van der Waals surface area contributed by atoms with Gasteiger partial charge in [0, 0.05) is 31.2 Å². The molecular weight excluding hydrogens is 465 g/mol. The Balaban J connectivity index is 1.42. The molecule has 178 valence electrons. The van der Waals surface area contributed by atoms with E-state index >= 15 is 0 Å². The molecule has 2 aromatic heterocycles. The maximum Gasteiger partial charge on any atom is 0.338 e. The van der Waals surface area contributed by atoms with Crippen LogP contribution in [-0.4, -0.2) is 40.0 Å². The standard InChI is InChI=1S/C27H24FN3O3S/c28-20-8-6-17(7-9-20)14-29-23-21(15-30-24-22(27(33)34)16-35-25(23)24)26(32)31-12-10-19(11-13-31)18-4-2-1-3-5-18/h1-9,15-16,19H,10-14H2,(H,29,30)(H,33,34). The second-order valence-corrected chi connectivity index (χ2v) is 9.52. The smallest absolute Gasteiger partial charge is 0.338 e. The molecule has 0 radical (unpaired) electrons. The van der Waals surface area contributed by atoms with Crippen LogP contribution in [-0.2, 0) is 6.54 Å². The third-order valence-corrected chi connectivity index (χ3v) is 7.47. The number of amides is 1. The number of anilines is 1. The van der Waals surface area contributed by atoms with Crippen molar-refractivity contribution in [1.29, 1.82) is 0 Å². The van der Waals surface area contributed by atoms with E-state index in [0.717, 1.165) is 18.4 Å². The molecule has 8 heteroatoms. The van der Waals surface area contributed by atoms with Crippen LogP contribution >= 0.6 is 11.3 Å². The number of likely N-dealkylation sites (tertiary alicyclic amines) is 1. The third kappa shape index (κ3) is 4.74. The number of carboxylic acid groups (broad SMARTS) is 1. The van der Waals surface area contributed by atoms with E-state index in [0.29, 0.717) is 47.0 Å². The summed E-state index contributed by atoms with van der Waals surface area (Å²) in [5.74, 6) is -1.08. The van der Waals surface area contributed by atoms with E-state index in [1.807, 2.05) is 23.1 Å². The highest BCUT2D eigenvalue weighted by Gasteiger charge is 2.28. The molecular formula is C27H24FN3O3S. The summed E-state index contributed by atoms with van der Waals surface area (Å²) in [6.07, 6.45) is 3.23. The molecule has 0 bridgehead atoms. The normalized spacial score (nSPS) is 14.3. The topological polar surface area (TPSA) is 82.5 Å². The van der Waals surface area contributed by atoms with Crippen LogP contribution in [0.4, 0.5) is 10.1 Å². The van der Waals surface area contributed by atoms with Gasteiger partial charge in [-0.05, 0) is 42.0 Å². The van der Waals surface area contributed by atoms with Gasteiger partial charge < -0.3 is 15.3 Å². The van der Waals surface area contributed by atoms with Crippen LogP contribution in [0.25, 0.3) is 10.2 Å². The van der Waals surface area contributed by atoms with E-state index in [1.54, 1.807) is 17.5 Å². The van der Waals surface area contributed by atoms with Crippen LogP contribution < -0.4 is 5.32 Å². The monoisotopic (exact) mass is 489 g/mol. The van der Waals surface area contributed by atoms with Gasteiger partial charge in [0.2, 0.25) is 0 Å². The van der Waals surface area contributed by atoms with Crippen molar-refractivity contribution in [3.8, 4) is 0 Å². The zero-order valence-electron chi connectivity index (χ0n) is 18.9. The number of pyridine rings is 1. The van der Waals surface area contributed by atoms with Gasteiger partial charge in [-0.15, -0.1) is 11.3 Å². The molecule has 1 aliphatic heterocycles. The average molecular weight is 490 g/mol. The predicted molar refractivity (Wildman–Crippen MR) is 135 cm³/mol. The summed E-state index contributed by atoms with van der Waals surface area (Å²) in [5.41, 5.74) is 3.57. The van der Waals surface area contributed by atoms with Crippen LogP contribution in [0.3, 0.4) is 0 Å². The number of carboxylic acids is 1. The lowest BCUT2D eigenvalue weighted by Gasteiger charge is -2.32. The molecule has 35 heavy (non-hydrogen) atoms. The van der Waals surface area contributed by atoms with Crippen molar-refractivity contribution in [2.24, 2.45) is 0 Å². The summed E-state index contributed by atoms with van der Waals surface area (Å²) in [7, 11) is 0. The van der Waals surface area contributed by atoms with Crippen LogP contribution in [0.5, 0.6) is 0 Å². The maximum absolute atomic E-state index is 13.6. The van der Waals surface area contributed by atoms with Gasteiger partial charge in [-0.2, -0.15) is 0 Å². The Bertz CT molecular complexity index is 1360. The zero-order valence-corrected chi connectivity index (χ0v) is 19.7. The minimum absolute atomic E-state index is 0.109. The van der Waals surface area contributed by atoms with Crippen molar-refractivity contribution in [3.63, 3.8) is 0 Å². The Labute approximate surface area is 206 Å². The Morgan fingerprint density at radius 3 is 2.46 bits per heavy atom. The van der Waals surface area contributed by atoms with E-state index in [1.165, 1.54) is 35.2 Å². The Hall–Kier alpha value is -3.78. The fourth-order valence-electron chi connectivity index (χ4n) is 4.57. The number of benzene rings is 2. The van der Waals surface area contributed by atoms with Gasteiger partial charge in [0.15, 0.2) is 0 Å². The number of fused-ring (bicyclic) bond motifs is 1. The number of halogens is 1. The lowest BCUT2D eigenvalue weighted by Crippen LogP contribution is -2.38. The Morgan fingerprint density at radius 1 is 1.06 bits per heavy atom. The van der Waals surface area contributed by atoms with Crippen molar-refractivity contribution in [2.75, 3.05) is 18.4 Å². The molecule has 1 aliphatic rings. The highest BCUT2D eigenvalue weighted by atomic mass is 32.1. The number of aromatic nitrogens is 1. The summed E-state index contributed by atoms with van der Waals surface area (Å²) in [6, 6.07) is 16.5. The molecule has 0 spiro atoms. The first-order valence-electron chi connectivity index (χ1n) is 11.5. The number of piperidine rings is 1. The Morgan fingerprint density at radius 2 is 1.77 bits per heavy atom. The van der Waals surface area contributed by atoms with Crippen LogP contribution in [0, 0.1) is 5.82 Å². The minimum atomic E-state index is -1.06. The van der Waals surface area contributed by atoms with Crippen molar-refractivity contribution in [1.82, 2.24) is 9.88 Å². The van der Waals surface area contributed by atoms with E-state index in [-0.39, 0.29) is 17.3 Å². The molecule has 6 nitrogen and oxygen atoms in total. The number of carbonyl (C=O) groups is 2. The number of thiophene rings is 1. The van der Waals surface area contributed by atoms with Gasteiger partial charge in [0.05, 0.1) is 27.0 Å². The van der Waals surface area contributed by atoms with E-state index in [9.17, 15) is 19.1 Å². The summed E-state index contributed by atoms with van der Waals surface area (Å²) in [6.45, 7) is 1.63. The molecule has 2 aromatic carbocycles. The number of carbonyl (C=O) groups excluding carboxylic acids is 1. The van der Waals surface area contributed by atoms with Gasteiger partial charge >= 0.3 is 5.97 Å². The molecule has 5 rings (SSSR count). The second-order valence-electron chi connectivity index (χ2n) is 8.64. The quantitative estimate of drug-likeness (QED) is 0.360. The highest BCUT2D eigenvalue weighted by Crippen LogP contribution is 2.35. The third-order valence-electron chi connectivity index (χ3n) is 6.48. The SMILES string of the molecule is O=C(O)c1csc2c(NCc3ccc(F)cc3)c(C(=O)N3CCC(c4ccccc4)CC3)cnc12. The summed E-state index contributed by atoms with van der Waals surface area (Å²) >= 11 is 1.25. The summed E-state index contributed by atoms with van der Waals surface area (Å²) in [4.78, 5) is 31.4. The van der Waals surface area contributed by atoms with E-state index in [2.05, 4.69) is 22.4 Å². The average Bonchev–Trinajstić information content (AvgIpc) is 3.33. The van der Waals surface area contributed by atoms with Crippen LogP contribution in [0.2, 0.25) is 0 Å². The lowest BCUT2D eigenvalue weighted by atomic mass is 9.89. The van der Waals surface area contributed by atoms with Gasteiger partial charge in [0.25, 0.3) is 5.91 Å². The van der Waals surface area contributed by atoms with Gasteiger partial charge in [-0.1, -0.05) is 42.5 Å². The van der Waals surface area contributed by atoms with Gasteiger partial charge in [0.1, 0.15) is 5.82 Å². The molecule has 1 amide bonds. The van der Waals surface area contributed by atoms with Gasteiger partial charge in [-0.25, -0.2) is 9.18 Å². The minimum Gasteiger partial charge on any atom is -0.478 e. The molecule has 0 saturated carbocycles. The first kappa shape index (κ1) is 23.0. The van der Waals surface area contributed by atoms with Crippen molar-refractivity contribution in [3.05, 3.63) is 94.2 Å². The molecule has 2 N–H and O–H groups in total. The first-order valence-corrected chi connectivity index (χ1v) is 12.3. The predicted octanol–water partition coefficient (Wildman–Crippen LogP) is 5.77. The van der Waals surface area contributed by atoms with E-state index in [4.69, 9.17) is 0 Å². The fourth-order valence-corrected chi connectivity index (χ4v) is 5.59. The van der Waals surface area contributed by atoms with Crippen molar-refractivity contribution < 1.29 is 19.1 Å². The fraction of sp³-hybridized carbons (Fsp3) is 0.222. The van der Waals surface area contributed by atoms with Crippen LogP contribution in [0.15, 0.2) is 66.2 Å². The summed E-state index contributed by atoms with van der Waals surface area (Å²) < 4.78 is 13.9. The number of rotatable bonds is 6. The number of hydrogen-bond acceptors (Lipinski definition) is 5. The Kier molecular flexibility index (Phi) is 6.46. The maximum atomic E-state index is 13.6. The molecule has 1 fully saturated rings. The first-order chi connectivity index (χ1) is 17.0. The van der Waals surface area contributed by atoms with Crippen LogP contribution in [0.1, 0.15) is 50.6 Å². The lowest BCUT2D eigenvalue weighted by molar-refractivity contribution is 0.0695. The molecule has 0 aliphatic carbocycles. The molecule has 4 aromatic rings. The van der Waals surface area contributed by atoms with Gasteiger partial charge in [-0.3, -0.25) is 9.78 Å². The zero-order chi connectivity index (χ0) is 24.4. The van der Waals surface area contributed by atoms with Crippen molar-refractivity contribution in [2.45, 2.75) is 25.3 Å². The largest absolute Gasteiger partial charge is 0.478 e.